The Balaban J connectivity index is 2.16. The van der Waals surface area contributed by atoms with Gasteiger partial charge in [-0.15, -0.1) is 0 Å². The Labute approximate surface area is 160 Å². The summed E-state index contributed by atoms with van der Waals surface area (Å²) in [4.78, 5) is 0. The fraction of sp³-hybridized carbons (Fsp3) is 0.167. The monoisotopic (exact) mass is 397 g/mol. The molecule has 3 nitrogen and oxygen atoms in total. The van der Waals surface area contributed by atoms with E-state index in [1.54, 1.807) is 17.8 Å². The first-order valence-electron chi connectivity index (χ1n) is 7.49. The maximum absolute atomic E-state index is 13.4. The SMILES string of the molecule is Cc1cc(Cl)c(Nc2c(-c3ccc(F)cc3Cl)c(C)nn2C)c(Cl)c1. The normalized spacial score (nSPS) is 11.0. The van der Waals surface area contributed by atoms with E-state index in [1.165, 1.54) is 12.1 Å². The number of aromatic nitrogens is 2. The molecular weight excluding hydrogens is 384 g/mol. The largest absolute Gasteiger partial charge is 0.337 e. The molecule has 25 heavy (non-hydrogen) atoms. The summed E-state index contributed by atoms with van der Waals surface area (Å²) in [6.07, 6.45) is 0. The van der Waals surface area contributed by atoms with Gasteiger partial charge in [0, 0.05) is 18.2 Å². The average molecular weight is 399 g/mol. The van der Waals surface area contributed by atoms with Gasteiger partial charge in [0.2, 0.25) is 0 Å². The summed E-state index contributed by atoms with van der Waals surface area (Å²) >= 11 is 18.9. The smallest absolute Gasteiger partial charge is 0.136 e. The molecule has 0 unspecified atom stereocenters. The van der Waals surface area contributed by atoms with Crippen molar-refractivity contribution in [3.05, 3.63) is 62.5 Å². The Morgan fingerprint density at radius 1 is 1.00 bits per heavy atom. The molecule has 0 aliphatic heterocycles. The molecule has 0 saturated carbocycles. The van der Waals surface area contributed by atoms with Crippen LogP contribution in [0.25, 0.3) is 11.1 Å². The van der Waals surface area contributed by atoms with E-state index in [-0.39, 0.29) is 0 Å². The van der Waals surface area contributed by atoms with Crippen molar-refractivity contribution in [3.63, 3.8) is 0 Å². The Morgan fingerprint density at radius 2 is 1.64 bits per heavy atom. The highest BCUT2D eigenvalue weighted by atomic mass is 35.5. The number of benzene rings is 2. The van der Waals surface area contributed by atoms with E-state index < -0.39 is 5.82 Å². The molecule has 0 atom stereocenters. The summed E-state index contributed by atoms with van der Waals surface area (Å²) in [5, 5.41) is 9.00. The van der Waals surface area contributed by atoms with Gasteiger partial charge < -0.3 is 5.32 Å². The number of aryl methyl sites for hydroxylation is 3. The van der Waals surface area contributed by atoms with Gasteiger partial charge in [-0.05, 0) is 49.7 Å². The van der Waals surface area contributed by atoms with Crippen LogP contribution in [0.3, 0.4) is 0 Å². The molecule has 0 aliphatic rings. The molecule has 0 radical (unpaired) electrons. The molecule has 0 saturated heterocycles. The lowest BCUT2D eigenvalue weighted by Gasteiger charge is -2.14. The molecule has 3 rings (SSSR count). The number of rotatable bonds is 3. The van der Waals surface area contributed by atoms with E-state index in [9.17, 15) is 4.39 Å². The summed E-state index contributed by atoms with van der Waals surface area (Å²) in [5.74, 6) is 0.271. The van der Waals surface area contributed by atoms with Crippen molar-refractivity contribution >= 4 is 46.3 Å². The molecule has 1 heterocycles. The van der Waals surface area contributed by atoms with Crippen LogP contribution in [0.4, 0.5) is 15.9 Å². The lowest BCUT2D eigenvalue weighted by atomic mass is 10.1. The highest BCUT2D eigenvalue weighted by Gasteiger charge is 2.20. The van der Waals surface area contributed by atoms with Gasteiger partial charge in [0.25, 0.3) is 0 Å². The zero-order valence-electron chi connectivity index (χ0n) is 13.8. The van der Waals surface area contributed by atoms with Crippen molar-refractivity contribution in [3.8, 4) is 11.1 Å². The van der Waals surface area contributed by atoms with Crippen molar-refractivity contribution in [2.24, 2.45) is 7.05 Å². The van der Waals surface area contributed by atoms with Crippen molar-refractivity contribution in [1.29, 1.82) is 0 Å². The third-order valence-corrected chi connectivity index (χ3v) is 4.76. The summed E-state index contributed by atoms with van der Waals surface area (Å²) in [5.41, 5.74) is 3.73. The van der Waals surface area contributed by atoms with Gasteiger partial charge in [0.1, 0.15) is 11.6 Å². The van der Waals surface area contributed by atoms with E-state index in [2.05, 4.69) is 10.4 Å². The third kappa shape index (κ3) is 3.47. The molecule has 130 valence electrons. The van der Waals surface area contributed by atoms with Gasteiger partial charge in [0.05, 0.1) is 26.4 Å². The van der Waals surface area contributed by atoms with E-state index >= 15 is 0 Å². The molecule has 1 aromatic heterocycles. The zero-order chi connectivity index (χ0) is 18.3. The average Bonchev–Trinajstić information content (AvgIpc) is 2.77. The number of halogens is 4. The van der Waals surface area contributed by atoms with Gasteiger partial charge in [-0.25, -0.2) is 4.39 Å². The summed E-state index contributed by atoms with van der Waals surface area (Å²) in [6.45, 7) is 3.78. The molecule has 0 amide bonds. The van der Waals surface area contributed by atoms with Crippen LogP contribution in [0.15, 0.2) is 30.3 Å². The maximum Gasteiger partial charge on any atom is 0.136 e. The molecular formula is C18H15Cl3FN3. The predicted molar refractivity (Wildman–Crippen MR) is 103 cm³/mol. The first-order chi connectivity index (χ1) is 11.8. The van der Waals surface area contributed by atoms with Crippen LogP contribution >= 0.6 is 34.8 Å². The lowest BCUT2D eigenvalue weighted by Crippen LogP contribution is -2.02. The standard InChI is InChI=1S/C18H15Cl3FN3/c1-9-6-14(20)17(15(21)7-9)23-18-16(10(2)24-25(18)3)12-5-4-11(22)8-13(12)19/h4-8,23H,1-3H3. The molecule has 0 bridgehead atoms. The van der Waals surface area contributed by atoms with Crippen molar-refractivity contribution in [1.82, 2.24) is 9.78 Å². The second-order valence-corrected chi connectivity index (χ2v) is 7.01. The number of anilines is 2. The highest BCUT2D eigenvalue weighted by Crippen LogP contribution is 2.40. The summed E-state index contributed by atoms with van der Waals surface area (Å²) < 4.78 is 15.1. The van der Waals surface area contributed by atoms with Crippen molar-refractivity contribution < 1.29 is 4.39 Å². The van der Waals surface area contributed by atoms with Gasteiger partial charge in [-0.1, -0.05) is 34.8 Å². The fourth-order valence-corrected chi connectivity index (χ4v) is 3.71. The quantitative estimate of drug-likeness (QED) is 0.542. The Bertz CT molecular complexity index is 943. The first kappa shape index (κ1) is 18.1. The zero-order valence-corrected chi connectivity index (χ0v) is 16.1. The molecule has 0 spiro atoms. The minimum absolute atomic E-state index is 0.306. The van der Waals surface area contributed by atoms with E-state index in [1.807, 2.05) is 26.0 Å². The van der Waals surface area contributed by atoms with Crippen LogP contribution in [0.1, 0.15) is 11.3 Å². The van der Waals surface area contributed by atoms with Crippen LogP contribution in [-0.2, 0) is 7.05 Å². The van der Waals surface area contributed by atoms with Crippen LogP contribution in [-0.4, -0.2) is 9.78 Å². The Kier molecular flexibility index (Phi) is 4.96. The molecule has 1 N–H and O–H groups in total. The second kappa shape index (κ2) is 6.87. The minimum atomic E-state index is -0.394. The van der Waals surface area contributed by atoms with Gasteiger partial charge in [0.15, 0.2) is 0 Å². The molecule has 0 aliphatic carbocycles. The van der Waals surface area contributed by atoms with E-state index in [0.717, 1.165) is 16.8 Å². The van der Waals surface area contributed by atoms with Gasteiger partial charge in [-0.3, -0.25) is 4.68 Å². The number of nitrogens with one attached hydrogen (secondary N) is 1. The van der Waals surface area contributed by atoms with Crippen LogP contribution in [0, 0.1) is 19.7 Å². The van der Waals surface area contributed by atoms with Crippen LogP contribution in [0.5, 0.6) is 0 Å². The third-order valence-electron chi connectivity index (χ3n) is 3.85. The molecule has 2 aromatic carbocycles. The Hall–Kier alpha value is -1.75. The lowest BCUT2D eigenvalue weighted by molar-refractivity contribution is 0.628. The highest BCUT2D eigenvalue weighted by molar-refractivity contribution is 6.39. The van der Waals surface area contributed by atoms with Gasteiger partial charge >= 0.3 is 0 Å². The summed E-state index contributed by atoms with van der Waals surface area (Å²) in [7, 11) is 1.80. The number of hydrogen-bond donors (Lipinski definition) is 1. The maximum atomic E-state index is 13.4. The fourth-order valence-electron chi connectivity index (χ4n) is 2.75. The number of hydrogen-bond acceptors (Lipinski definition) is 2. The molecule has 3 aromatic rings. The first-order valence-corrected chi connectivity index (χ1v) is 8.63. The van der Waals surface area contributed by atoms with Crippen LogP contribution in [0.2, 0.25) is 15.1 Å². The Morgan fingerprint density at radius 3 is 2.24 bits per heavy atom. The second-order valence-electron chi connectivity index (χ2n) is 5.79. The predicted octanol–water partition coefficient (Wildman–Crippen LogP) is 6.55. The number of nitrogens with zero attached hydrogens (tertiary/aromatic N) is 2. The topological polar surface area (TPSA) is 29.9 Å². The minimum Gasteiger partial charge on any atom is -0.337 e. The van der Waals surface area contributed by atoms with Gasteiger partial charge in [-0.2, -0.15) is 5.10 Å². The summed E-state index contributed by atoms with van der Waals surface area (Å²) in [6, 6.07) is 7.92. The van der Waals surface area contributed by atoms with E-state index in [0.29, 0.717) is 32.1 Å². The van der Waals surface area contributed by atoms with E-state index in [4.69, 9.17) is 34.8 Å². The molecule has 7 heteroatoms. The molecule has 0 fully saturated rings. The van der Waals surface area contributed by atoms with Crippen molar-refractivity contribution in [2.75, 3.05) is 5.32 Å². The van der Waals surface area contributed by atoms with Crippen LogP contribution < -0.4 is 5.32 Å². The van der Waals surface area contributed by atoms with Crippen molar-refractivity contribution in [2.45, 2.75) is 13.8 Å².